The summed E-state index contributed by atoms with van der Waals surface area (Å²) in [4.78, 5) is 14.1. The Bertz CT molecular complexity index is 295. The highest BCUT2D eigenvalue weighted by atomic mass is 16.3. The minimum Gasteiger partial charge on any atom is -0.393 e. The molecule has 0 bridgehead atoms. The maximum Gasteiger partial charge on any atom is 0.127 e. The number of carbonyl (C=O) groups is 1. The highest BCUT2D eigenvalue weighted by Gasteiger charge is 2.38. The van der Waals surface area contributed by atoms with Gasteiger partial charge in [-0.1, -0.05) is 6.92 Å². The molecule has 2 atom stereocenters. The van der Waals surface area contributed by atoms with Crippen molar-refractivity contribution in [3.63, 3.8) is 0 Å². The van der Waals surface area contributed by atoms with Gasteiger partial charge in [0.15, 0.2) is 0 Å². The minimum absolute atomic E-state index is 0.103. The quantitative estimate of drug-likeness (QED) is 0.778. The van der Waals surface area contributed by atoms with Crippen molar-refractivity contribution < 1.29 is 9.90 Å². The van der Waals surface area contributed by atoms with Crippen LogP contribution in [0.5, 0.6) is 0 Å². The van der Waals surface area contributed by atoms with Gasteiger partial charge in [-0.05, 0) is 64.3 Å². The van der Waals surface area contributed by atoms with Crippen molar-refractivity contribution in [2.75, 3.05) is 13.1 Å². The summed E-state index contributed by atoms with van der Waals surface area (Å²) in [5, 5.41) is 9.60. The van der Waals surface area contributed by atoms with Crippen molar-refractivity contribution >= 4 is 6.29 Å². The van der Waals surface area contributed by atoms with Crippen LogP contribution < -0.4 is 0 Å². The van der Waals surface area contributed by atoms with Crippen molar-refractivity contribution in [3.05, 3.63) is 0 Å². The molecule has 0 aromatic carbocycles. The minimum atomic E-state index is -0.232. The van der Waals surface area contributed by atoms with Gasteiger partial charge in [0, 0.05) is 18.0 Å². The summed E-state index contributed by atoms with van der Waals surface area (Å²) in [5.41, 5.74) is -0.103. The average Bonchev–Trinajstić information content (AvgIpc) is 2.79. The second-order valence-electron chi connectivity index (χ2n) is 7.01. The fourth-order valence-corrected chi connectivity index (χ4v) is 3.82. The van der Waals surface area contributed by atoms with Crippen LogP contribution in [-0.2, 0) is 4.79 Å². The molecule has 1 saturated heterocycles. The Morgan fingerprint density at radius 3 is 2.63 bits per heavy atom. The molecule has 3 heteroatoms. The molecule has 2 rings (SSSR count). The van der Waals surface area contributed by atoms with Gasteiger partial charge >= 0.3 is 0 Å². The molecule has 1 N–H and O–H groups in total. The predicted molar refractivity (Wildman–Crippen MR) is 77.0 cm³/mol. The fourth-order valence-electron chi connectivity index (χ4n) is 3.82. The smallest absolute Gasteiger partial charge is 0.127 e. The molecule has 1 aliphatic heterocycles. The maximum absolute atomic E-state index is 11.6. The summed E-state index contributed by atoms with van der Waals surface area (Å²) in [6.07, 6.45) is 8.72. The molecule has 1 saturated carbocycles. The molecule has 0 radical (unpaired) electrons. The standard InChI is InChI=1S/C16H29NO2/c1-13-5-7-16(12-18,8-6-13)11-17-9-3-4-15(17)10-14(2)19/h12-15,19H,3-11H2,1-2H3. The van der Waals surface area contributed by atoms with E-state index >= 15 is 0 Å². The van der Waals surface area contributed by atoms with Crippen LogP contribution in [0.25, 0.3) is 0 Å². The molecule has 0 spiro atoms. The predicted octanol–water partition coefficient (Wildman–Crippen LogP) is 2.62. The Morgan fingerprint density at radius 2 is 2.05 bits per heavy atom. The lowest BCUT2D eigenvalue weighted by Gasteiger charge is -2.39. The van der Waals surface area contributed by atoms with Gasteiger partial charge in [-0.2, -0.15) is 0 Å². The fraction of sp³-hybridized carbons (Fsp3) is 0.938. The Hall–Kier alpha value is -0.410. The zero-order chi connectivity index (χ0) is 13.9. The summed E-state index contributed by atoms with van der Waals surface area (Å²) in [5.74, 6) is 0.778. The number of nitrogens with zero attached hydrogens (tertiary/aromatic N) is 1. The van der Waals surface area contributed by atoms with Gasteiger partial charge in [-0.3, -0.25) is 4.90 Å². The van der Waals surface area contributed by atoms with Crippen LogP contribution in [0.15, 0.2) is 0 Å². The van der Waals surface area contributed by atoms with Gasteiger partial charge in [0.1, 0.15) is 6.29 Å². The average molecular weight is 267 g/mol. The van der Waals surface area contributed by atoms with Crippen molar-refractivity contribution in [3.8, 4) is 0 Å². The van der Waals surface area contributed by atoms with E-state index in [1.807, 2.05) is 6.92 Å². The van der Waals surface area contributed by atoms with Gasteiger partial charge in [0.25, 0.3) is 0 Å². The second kappa shape index (κ2) is 6.36. The van der Waals surface area contributed by atoms with Crippen LogP contribution in [0.4, 0.5) is 0 Å². The lowest BCUT2D eigenvalue weighted by Crippen LogP contribution is -2.44. The lowest BCUT2D eigenvalue weighted by molar-refractivity contribution is -0.119. The molecule has 1 aliphatic carbocycles. The van der Waals surface area contributed by atoms with Crippen LogP contribution in [0.1, 0.15) is 58.8 Å². The molecule has 2 fully saturated rings. The van der Waals surface area contributed by atoms with Crippen LogP contribution >= 0.6 is 0 Å². The van der Waals surface area contributed by atoms with E-state index in [-0.39, 0.29) is 11.5 Å². The SMILES string of the molecule is CC(O)CC1CCCN1CC1(C=O)CCC(C)CC1. The molecule has 0 amide bonds. The van der Waals surface area contributed by atoms with Crippen LogP contribution in [0.3, 0.4) is 0 Å². The molecule has 0 aromatic heterocycles. The third kappa shape index (κ3) is 3.79. The summed E-state index contributed by atoms with van der Waals surface area (Å²) in [6.45, 7) is 6.18. The van der Waals surface area contributed by atoms with Crippen molar-refractivity contribution in [1.82, 2.24) is 4.90 Å². The number of hydrogen-bond donors (Lipinski definition) is 1. The van der Waals surface area contributed by atoms with Crippen molar-refractivity contribution in [1.29, 1.82) is 0 Å². The molecular formula is C16H29NO2. The van der Waals surface area contributed by atoms with Crippen LogP contribution in [-0.4, -0.2) is 41.5 Å². The lowest BCUT2D eigenvalue weighted by atomic mass is 9.71. The number of carbonyl (C=O) groups excluding carboxylic acids is 1. The van der Waals surface area contributed by atoms with E-state index in [1.54, 1.807) is 0 Å². The second-order valence-corrected chi connectivity index (χ2v) is 7.01. The van der Waals surface area contributed by atoms with E-state index in [1.165, 1.54) is 32.0 Å². The topological polar surface area (TPSA) is 40.5 Å². The Morgan fingerprint density at radius 1 is 1.37 bits per heavy atom. The van der Waals surface area contributed by atoms with E-state index < -0.39 is 0 Å². The van der Waals surface area contributed by atoms with E-state index in [0.29, 0.717) is 6.04 Å². The Kier molecular flexibility index (Phi) is 5.02. The molecule has 19 heavy (non-hydrogen) atoms. The van der Waals surface area contributed by atoms with E-state index in [4.69, 9.17) is 0 Å². The van der Waals surface area contributed by atoms with Gasteiger partial charge in [0.05, 0.1) is 6.10 Å². The van der Waals surface area contributed by atoms with E-state index in [0.717, 1.165) is 38.3 Å². The number of aliphatic hydroxyl groups is 1. The van der Waals surface area contributed by atoms with Crippen molar-refractivity contribution in [2.45, 2.75) is 70.9 Å². The first kappa shape index (κ1) is 15.0. The summed E-state index contributed by atoms with van der Waals surface area (Å²) in [7, 11) is 0. The first-order valence-electron chi connectivity index (χ1n) is 7.93. The Labute approximate surface area is 117 Å². The van der Waals surface area contributed by atoms with Gasteiger partial charge < -0.3 is 9.90 Å². The van der Waals surface area contributed by atoms with Crippen molar-refractivity contribution in [2.24, 2.45) is 11.3 Å². The summed E-state index contributed by atoms with van der Waals surface area (Å²) in [6, 6.07) is 0.483. The maximum atomic E-state index is 11.6. The molecular weight excluding hydrogens is 238 g/mol. The van der Waals surface area contributed by atoms with E-state index in [9.17, 15) is 9.90 Å². The third-order valence-electron chi connectivity index (χ3n) is 5.15. The largest absolute Gasteiger partial charge is 0.393 e. The number of rotatable bonds is 5. The van der Waals surface area contributed by atoms with Crippen LogP contribution in [0.2, 0.25) is 0 Å². The van der Waals surface area contributed by atoms with Gasteiger partial charge in [-0.15, -0.1) is 0 Å². The Balaban J connectivity index is 1.95. The normalized spacial score (nSPS) is 38.3. The molecule has 3 nitrogen and oxygen atoms in total. The zero-order valence-corrected chi connectivity index (χ0v) is 12.5. The number of hydrogen-bond acceptors (Lipinski definition) is 3. The van der Waals surface area contributed by atoms with E-state index in [2.05, 4.69) is 11.8 Å². The number of likely N-dealkylation sites (tertiary alicyclic amines) is 1. The molecule has 0 aromatic rings. The summed E-state index contributed by atoms with van der Waals surface area (Å²) >= 11 is 0. The molecule has 110 valence electrons. The molecule has 2 aliphatic rings. The first-order chi connectivity index (χ1) is 9.04. The third-order valence-corrected chi connectivity index (χ3v) is 5.15. The monoisotopic (exact) mass is 267 g/mol. The molecule has 1 heterocycles. The highest BCUT2D eigenvalue weighted by molar-refractivity contribution is 5.60. The highest BCUT2D eigenvalue weighted by Crippen LogP contribution is 2.39. The van der Waals surface area contributed by atoms with Crippen LogP contribution in [0, 0.1) is 11.3 Å². The number of aliphatic hydroxyl groups excluding tert-OH is 1. The number of aldehydes is 1. The first-order valence-corrected chi connectivity index (χ1v) is 7.93. The van der Waals surface area contributed by atoms with Gasteiger partial charge in [0.2, 0.25) is 0 Å². The zero-order valence-electron chi connectivity index (χ0n) is 12.5. The van der Waals surface area contributed by atoms with Gasteiger partial charge in [-0.25, -0.2) is 0 Å². The molecule has 2 unspecified atom stereocenters. The summed E-state index contributed by atoms with van der Waals surface area (Å²) < 4.78 is 0.